The molecular formula is C30H38N4O2. The van der Waals surface area contributed by atoms with E-state index >= 15 is 0 Å². The Morgan fingerprint density at radius 1 is 0.917 bits per heavy atom. The molecular weight excluding hydrogens is 448 g/mol. The maximum absolute atomic E-state index is 13.3. The predicted molar refractivity (Wildman–Crippen MR) is 147 cm³/mol. The first-order valence-electron chi connectivity index (χ1n) is 13.4. The molecule has 36 heavy (non-hydrogen) atoms. The van der Waals surface area contributed by atoms with Crippen LogP contribution in [-0.2, 0) is 6.54 Å². The molecule has 1 aliphatic heterocycles. The average Bonchev–Trinajstić information content (AvgIpc) is 3.40. The Hall–Kier alpha value is -3.09. The first-order valence-corrected chi connectivity index (χ1v) is 13.4. The van der Waals surface area contributed by atoms with Crippen LogP contribution >= 0.6 is 0 Å². The zero-order valence-electron chi connectivity index (χ0n) is 21.4. The van der Waals surface area contributed by atoms with Crippen molar-refractivity contribution in [2.75, 3.05) is 32.8 Å². The maximum atomic E-state index is 13.3. The van der Waals surface area contributed by atoms with Gasteiger partial charge in [-0.15, -0.1) is 0 Å². The minimum Gasteiger partial charge on any atom is -0.494 e. The lowest BCUT2D eigenvalue weighted by molar-refractivity contribution is 0.207. The molecule has 1 fully saturated rings. The molecule has 1 saturated heterocycles. The normalized spacial score (nSPS) is 15.2. The first-order chi connectivity index (χ1) is 17.6. The van der Waals surface area contributed by atoms with Crippen LogP contribution in [0.1, 0.15) is 49.1 Å². The average molecular weight is 487 g/mol. The third kappa shape index (κ3) is 5.35. The zero-order valence-corrected chi connectivity index (χ0v) is 21.4. The van der Waals surface area contributed by atoms with Crippen molar-refractivity contribution in [3.8, 4) is 5.75 Å². The minimum absolute atomic E-state index is 0.0715. The van der Waals surface area contributed by atoms with Crippen molar-refractivity contribution in [1.82, 2.24) is 13.9 Å². The molecule has 4 aromatic rings. The minimum atomic E-state index is 0.0715. The van der Waals surface area contributed by atoms with Crippen LogP contribution in [-0.4, -0.2) is 46.7 Å². The summed E-state index contributed by atoms with van der Waals surface area (Å²) in [6.45, 7) is 7.45. The maximum Gasteiger partial charge on any atom is 0.275 e. The lowest BCUT2D eigenvalue weighted by Gasteiger charge is -2.32. The molecule has 0 unspecified atom stereocenters. The fraction of sp³-hybridized carbons (Fsp3) is 0.433. The van der Waals surface area contributed by atoms with E-state index < -0.39 is 0 Å². The van der Waals surface area contributed by atoms with Gasteiger partial charge < -0.3 is 24.3 Å². The topological polar surface area (TPSA) is 64.9 Å². The van der Waals surface area contributed by atoms with Gasteiger partial charge in [0.05, 0.1) is 17.6 Å². The van der Waals surface area contributed by atoms with Crippen LogP contribution in [0.3, 0.4) is 0 Å². The van der Waals surface area contributed by atoms with Gasteiger partial charge in [-0.25, -0.2) is 0 Å². The highest BCUT2D eigenvalue weighted by Gasteiger charge is 2.20. The summed E-state index contributed by atoms with van der Waals surface area (Å²) in [6.07, 6.45) is 7.22. The van der Waals surface area contributed by atoms with Gasteiger partial charge in [-0.2, -0.15) is 0 Å². The molecule has 0 saturated carbocycles. The smallest absolute Gasteiger partial charge is 0.275 e. The largest absolute Gasteiger partial charge is 0.494 e. The molecule has 3 heterocycles. The summed E-state index contributed by atoms with van der Waals surface area (Å²) in [4.78, 5) is 15.9. The highest BCUT2D eigenvalue weighted by atomic mass is 16.5. The van der Waals surface area contributed by atoms with E-state index in [4.69, 9.17) is 10.5 Å². The third-order valence-corrected chi connectivity index (χ3v) is 7.57. The monoisotopic (exact) mass is 486 g/mol. The van der Waals surface area contributed by atoms with Gasteiger partial charge >= 0.3 is 0 Å². The molecule has 0 bridgehead atoms. The number of hydrogen-bond acceptors (Lipinski definition) is 4. The number of benzene rings is 2. The Morgan fingerprint density at radius 2 is 1.72 bits per heavy atom. The van der Waals surface area contributed by atoms with Crippen LogP contribution in [0.25, 0.3) is 16.6 Å². The Morgan fingerprint density at radius 3 is 2.50 bits per heavy atom. The standard InChI is InChI=1S/C30H38N4O2/c1-23-7-9-24(10-8-23)25-13-19-32(20-14-25)16-5-18-34-27-12-11-26(36-21-3-2-15-31)22-29(27)33-17-4-6-28(33)30(34)35/h4,6-12,17,22,25H,2-3,5,13-16,18-21,31H2,1H3. The van der Waals surface area contributed by atoms with Gasteiger partial charge in [-0.05, 0) is 101 Å². The first kappa shape index (κ1) is 24.6. The second kappa shape index (κ2) is 11.3. The molecule has 2 aromatic heterocycles. The van der Waals surface area contributed by atoms with Crippen LogP contribution in [0.15, 0.2) is 65.6 Å². The van der Waals surface area contributed by atoms with Gasteiger partial charge in [-0.3, -0.25) is 4.79 Å². The van der Waals surface area contributed by atoms with E-state index in [-0.39, 0.29) is 5.56 Å². The van der Waals surface area contributed by atoms with Crippen LogP contribution < -0.4 is 16.0 Å². The summed E-state index contributed by atoms with van der Waals surface area (Å²) >= 11 is 0. The zero-order chi connectivity index (χ0) is 24.9. The Balaban J connectivity index is 1.25. The Bertz CT molecular complexity index is 1350. The quantitative estimate of drug-likeness (QED) is 0.322. The molecule has 2 aromatic carbocycles. The highest BCUT2D eigenvalue weighted by molar-refractivity contribution is 5.80. The van der Waals surface area contributed by atoms with E-state index in [1.807, 2.05) is 39.4 Å². The number of nitrogens with two attached hydrogens (primary N) is 1. The van der Waals surface area contributed by atoms with Crippen molar-refractivity contribution >= 4 is 16.6 Å². The van der Waals surface area contributed by atoms with Crippen molar-refractivity contribution in [3.05, 3.63) is 82.3 Å². The Labute approximate surface area is 213 Å². The van der Waals surface area contributed by atoms with Gasteiger partial charge in [0.15, 0.2) is 0 Å². The number of unbranched alkanes of at least 4 members (excludes halogenated alkanes) is 1. The van der Waals surface area contributed by atoms with Gasteiger partial charge in [-0.1, -0.05) is 29.8 Å². The molecule has 1 aliphatic rings. The number of fused-ring (bicyclic) bond motifs is 3. The van der Waals surface area contributed by atoms with Crippen molar-refractivity contribution in [2.24, 2.45) is 5.73 Å². The van der Waals surface area contributed by atoms with Crippen molar-refractivity contribution in [2.45, 2.75) is 51.5 Å². The number of piperidine rings is 1. The second-order valence-electron chi connectivity index (χ2n) is 10.1. The van der Waals surface area contributed by atoms with Crippen LogP contribution in [0.2, 0.25) is 0 Å². The van der Waals surface area contributed by atoms with Gasteiger partial charge in [0.25, 0.3) is 5.56 Å². The fourth-order valence-electron chi connectivity index (χ4n) is 5.47. The number of likely N-dealkylation sites (tertiary alicyclic amines) is 1. The fourth-order valence-corrected chi connectivity index (χ4v) is 5.47. The lowest BCUT2D eigenvalue weighted by Crippen LogP contribution is -2.34. The summed E-state index contributed by atoms with van der Waals surface area (Å²) in [5, 5.41) is 0. The SMILES string of the molecule is Cc1ccc(C2CCN(CCCn3c(=O)c4cccn4c4cc(OCCCCN)ccc43)CC2)cc1. The molecule has 190 valence electrons. The third-order valence-electron chi connectivity index (χ3n) is 7.57. The van der Waals surface area contributed by atoms with E-state index in [0.717, 1.165) is 55.7 Å². The molecule has 2 N–H and O–H groups in total. The van der Waals surface area contributed by atoms with Crippen molar-refractivity contribution in [1.29, 1.82) is 0 Å². The highest BCUT2D eigenvalue weighted by Crippen LogP contribution is 2.28. The molecule has 0 atom stereocenters. The van der Waals surface area contributed by atoms with Gasteiger partial charge in [0, 0.05) is 18.8 Å². The second-order valence-corrected chi connectivity index (χ2v) is 10.1. The van der Waals surface area contributed by atoms with E-state index in [1.54, 1.807) is 0 Å². The van der Waals surface area contributed by atoms with Crippen LogP contribution in [0, 0.1) is 6.92 Å². The summed E-state index contributed by atoms with van der Waals surface area (Å²) in [7, 11) is 0. The van der Waals surface area contributed by atoms with E-state index in [2.05, 4.69) is 42.2 Å². The number of rotatable bonds is 10. The van der Waals surface area contributed by atoms with Crippen molar-refractivity contribution < 1.29 is 4.74 Å². The molecule has 5 rings (SSSR count). The summed E-state index contributed by atoms with van der Waals surface area (Å²) in [6, 6.07) is 18.9. The molecule has 0 amide bonds. The van der Waals surface area contributed by atoms with E-state index in [9.17, 15) is 4.79 Å². The summed E-state index contributed by atoms with van der Waals surface area (Å²) in [5.41, 5.74) is 11.1. The van der Waals surface area contributed by atoms with Crippen molar-refractivity contribution in [3.63, 3.8) is 0 Å². The summed E-state index contributed by atoms with van der Waals surface area (Å²) in [5.74, 6) is 1.49. The van der Waals surface area contributed by atoms with E-state index in [0.29, 0.717) is 31.1 Å². The summed E-state index contributed by atoms with van der Waals surface area (Å²) < 4.78 is 9.88. The van der Waals surface area contributed by atoms with Crippen LogP contribution in [0.4, 0.5) is 0 Å². The van der Waals surface area contributed by atoms with Gasteiger partial charge in [0.1, 0.15) is 11.3 Å². The molecule has 0 radical (unpaired) electrons. The van der Waals surface area contributed by atoms with E-state index in [1.165, 1.54) is 24.0 Å². The van der Waals surface area contributed by atoms with Gasteiger partial charge in [0.2, 0.25) is 0 Å². The molecule has 6 heteroatoms. The number of hydrogen-bond donors (Lipinski definition) is 1. The molecule has 6 nitrogen and oxygen atoms in total. The number of aryl methyl sites for hydroxylation is 2. The molecule has 0 spiro atoms. The Kier molecular flexibility index (Phi) is 7.73. The number of nitrogens with zero attached hydrogens (tertiary/aromatic N) is 3. The predicted octanol–water partition coefficient (Wildman–Crippen LogP) is 4.95. The number of aromatic nitrogens is 2. The van der Waals surface area contributed by atoms with Crippen LogP contribution in [0.5, 0.6) is 5.75 Å². The lowest BCUT2D eigenvalue weighted by atomic mass is 9.89. The molecule has 0 aliphatic carbocycles. The number of ether oxygens (including phenoxy) is 1.